The molecule has 2 aromatic carbocycles. The largest absolute Gasteiger partial charge is 0.501 e. The van der Waals surface area contributed by atoms with Crippen molar-refractivity contribution in [1.82, 2.24) is 4.57 Å². The summed E-state index contributed by atoms with van der Waals surface area (Å²) in [6, 6.07) is 4.85. The molecule has 0 saturated heterocycles. The number of hydrogen-bond donors (Lipinski definition) is 1. The summed E-state index contributed by atoms with van der Waals surface area (Å²) in [5.74, 6) is -2.99. The van der Waals surface area contributed by atoms with E-state index in [-0.39, 0.29) is 21.7 Å². The Morgan fingerprint density at radius 2 is 1.96 bits per heavy atom. The molecular weight excluding hydrogens is 386 g/mol. The second kappa shape index (κ2) is 6.51. The first-order valence-electron chi connectivity index (χ1n) is 7.41. The van der Waals surface area contributed by atoms with Crippen LogP contribution in [0, 0.1) is 21.7 Å². The predicted molar refractivity (Wildman–Crippen MR) is 94.4 cm³/mol. The summed E-state index contributed by atoms with van der Waals surface area (Å²) in [4.78, 5) is 22.2. The quantitative estimate of drug-likeness (QED) is 0.537. The Morgan fingerprint density at radius 1 is 1.30 bits per heavy atom. The zero-order valence-corrected chi connectivity index (χ0v) is 14.7. The molecule has 0 fully saturated rings. The minimum absolute atomic E-state index is 0.00807. The molecule has 0 aliphatic carbocycles. The van der Waals surface area contributed by atoms with Gasteiger partial charge in [-0.2, -0.15) is 0 Å². The number of nitro groups is 1. The van der Waals surface area contributed by atoms with Crippen molar-refractivity contribution in [2.45, 2.75) is 0 Å². The van der Waals surface area contributed by atoms with Gasteiger partial charge in [0.2, 0.25) is 5.75 Å². The van der Waals surface area contributed by atoms with Crippen molar-refractivity contribution in [2.24, 2.45) is 7.05 Å². The van der Waals surface area contributed by atoms with Crippen LogP contribution in [0.5, 0.6) is 11.5 Å². The maximum atomic E-state index is 15.3. The summed E-state index contributed by atoms with van der Waals surface area (Å²) in [5.41, 5.74) is -3.49. The number of pyridine rings is 1. The molecule has 1 aromatic heterocycles. The van der Waals surface area contributed by atoms with E-state index in [1.165, 1.54) is 19.2 Å². The van der Waals surface area contributed by atoms with E-state index < -0.39 is 44.6 Å². The molecule has 27 heavy (non-hydrogen) atoms. The van der Waals surface area contributed by atoms with Crippen LogP contribution in [0.15, 0.2) is 29.1 Å². The van der Waals surface area contributed by atoms with Gasteiger partial charge < -0.3 is 14.4 Å². The molecule has 0 radical (unpaired) electrons. The highest BCUT2D eigenvalue weighted by Crippen LogP contribution is 2.43. The number of halogens is 3. The standard InChI is InChI=1S/C17H11ClF2N2O5/c1-21-14-7(16(23)15(17(21)24)22(25)26)6-8(18)11(13(14)20)12-9(19)4-3-5-10(12)27-2/h3-6,23H,1-2H3. The van der Waals surface area contributed by atoms with Crippen molar-refractivity contribution in [3.63, 3.8) is 0 Å². The monoisotopic (exact) mass is 396 g/mol. The van der Waals surface area contributed by atoms with Gasteiger partial charge in [-0.1, -0.05) is 17.7 Å². The number of benzene rings is 2. The molecule has 0 amide bonds. The number of fused-ring (bicyclic) bond motifs is 1. The van der Waals surface area contributed by atoms with Gasteiger partial charge in [0.15, 0.2) is 5.82 Å². The number of nitrogens with zero attached hydrogens (tertiary/aromatic N) is 2. The van der Waals surface area contributed by atoms with Crippen molar-refractivity contribution in [2.75, 3.05) is 7.11 Å². The van der Waals surface area contributed by atoms with E-state index in [0.717, 1.165) is 19.2 Å². The first-order valence-corrected chi connectivity index (χ1v) is 7.79. The third kappa shape index (κ3) is 2.67. The average molecular weight is 397 g/mol. The lowest BCUT2D eigenvalue weighted by molar-refractivity contribution is -0.387. The first-order chi connectivity index (χ1) is 12.7. The van der Waals surface area contributed by atoms with Gasteiger partial charge in [0.1, 0.15) is 11.6 Å². The van der Waals surface area contributed by atoms with Crippen LogP contribution in [-0.4, -0.2) is 21.7 Å². The molecule has 0 atom stereocenters. The Kier molecular flexibility index (Phi) is 4.48. The summed E-state index contributed by atoms with van der Waals surface area (Å²) in [6.45, 7) is 0. The van der Waals surface area contributed by atoms with Crippen LogP contribution in [0.1, 0.15) is 0 Å². The van der Waals surface area contributed by atoms with Gasteiger partial charge in [0.05, 0.1) is 33.5 Å². The lowest BCUT2D eigenvalue weighted by atomic mass is 10.00. The molecule has 10 heteroatoms. The SMILES string of the molecule is COc1cccc(F)c1-c1c(Cl)cc2c(O)c([N+](=O)[O-])c(=O)n(C)c2c1F. The van der Waals surface area contributed by atoms with Gasteiger partial charge >= 0.3 is 11.2 Å². The Morgan fingerprint density at radius 3 is 2.56 bits per heavy atom. The van der Waals surface area contributed by atoms with Crippen LogP contribution >= 0.6 is 11.6 Å². The smallest absolute Gasteiger partial charge is 0.375 e. The van der Waals surface area contributed by atoms with Crippen LogP contribution in [0.2, 0.25) is 5.02 Å². The van der Waals surface area contributed by atoms with Gasteiger partial charge in [-0.25, -0.2) is 8.78 Å². The maximum Gasteiger partial charge on any atom is 0.375 e. The number of rotatable bonds is 3. The van der Waals surface area contributed by atoms with Crippen LogP contribution < -0.4 is 10.3 Å². The Hall–Kier alpha value is -3.20. The van der Waals surface area contributed by atoms with E-state index in [9.17, 15) is 24.4 Å². The fourth-order valence-electron chi connectivity index (χ4n) is 2.92. The topological polar surface area (TPSA) is 94.6 Å². The number of hydrogen-bond acceptors (Lipinski definition) is 5. The Balaban J connectivity index is 2.55. The summed E-state index contributed by atoms with van der Waals surface area (Å²) in [7, 11) is 2.35. The molecular formula is C17H11ClF2N2O5. The molecule has 1 N–H and O–H groups in total. The lowest BCUT2D eigenvalue weighted by Crippen LogP contribution is -2.21. The Labute approximate surface area is 155 Å². The van der Waals surface area contributed by atoms with Gasteiger partial charge in [-0.15, -0.1) is 0 Å². The zero-order valence-electron chi connectivity index (χ0n) is 13.9. The highest BCUT2D eigenvalue weighted by atomic mass is 35.5. The third-order valence-corrected chi connectivity index (χ3v) is 4.44. The molecule has 0 bridgehead atoms. The van der Waals surface area contributed by atoms with Crippen molar-refractivity contribution < 1.29 is 23.5 Å². The highest BCUT2D eigenvalue weighted by molar-refractivity contribution is 6.34. The van der Waals surface area contributed by atoms with Crippen molar-refractivity contribution >= 4 is 28.2 Å². The van der Waals surface area contributed by atoms with E-state index in [4.69, 9.17) is 16.3 Å². The molecule has 0 spiro atoms. The first kappa shape index (κ1) is 18.6. The number of aromatic nitrogens is 1. The number of ether oxygens (including phenoxy) is 1. The minimum atomic E-state index is -1.22. The molecule has 0 unspecified atom stereocenters. The second-order valence-corrected chi connectivity index (χ2v) is 5.99. The average Bonchev–Trinajstić information content (AvgIpc) is 2.60. The lowest BCUT2D eigenvalue weighted by Gasteiger charge is -2.15. The van der Waals surface area contributed by atoms with Crippen molar-refractivity contribution in [3.05, 3.63) is 61.4 Å². The minimum Gasteiger partial charge on any atom is -0.501 e. The van der Waals surface area contributed by atoms with E-state index in [2.05, 4.69) is 0 Å². The molecule has 7 nitrogen and oxygen atoms in total. The molecule has 0 saturated carbocycles. The van der Waals surface area contributed by atoms with Gasteiger partial charge in [0, 0.05) is 12.6 Å². The number of aromatic hydroxyl groups is 1. The molecule has 3 rings (SSSR count). The van der Waals surface area contributed by atoms with E-state index in [0.29, 0.717) is 4.57 Å². The van der Waals surface area contributed by atoms with E-state index in [1.807, 2.05) is 0 Å². The van der Waals surface area contributed by atoms with Crippen LogP contribution in [0.3, 0.4) is 0 Å². The zero-order chi connectivity index (χ0) is 20.0. The fraction of sp³-hybridized carbons (Fsp3) is 0.118. The summed E-state index contributed by atoms with van der Waals surface area (Å²) in [5, 5.41) is 20.5. The summed E-state index contributed by atoms with van der Waals surface area (Å²) < 4.78 is 35.4. The summed E-state index contributed by atoms with van der Waals surface area (Å²) >= 11 is 6.11. The normalized spacial score (nSPS) is 11.0. The van der Waals surface area contributed by atoms with Crippen molar-refractivity contribution in [1.29, 1.82) is 0 Å². The van der Waals surface area contributed by atoms with Crippen LogP contribution in [-0.2, 0) is 7.05 Å². The molecule has 0 aliphatic rings. The highest BCUT2D eigenvalue weighted by Gasteiger charge is 2.29. The molecule has 1 heterocycles. The third-order valence-electron chi connectivity index (χ3n) is 4.14. The summed E-state index contributed by atoms with van der Waals surface area (Å²) in [6.07, 6.45) is 0. The van der Waals surface area contributed by atoms with E-state index in [1.54, 1.807) is 0 Å². The number of methoxy groups -OCH3 is 1. The van der Waals surface area contributed by atoms with Gasteiger partial charge in [-0.05, 0) is 18.2 Å². The fourth-order valence-corrected chi connectivity index (χ4v) is 3.20. The molecule has 3 aromatic rings. The number of aryl methyl sites for hydroxylation is 1. The van der Waals surface area contributed by atoms with Crippen LogP contribution in [0.25, 0.3) is 22.0 Å². The molecule has 140 valence electrons. The van der Waals surface area contributed by atoms with Gasteiger partial charge in [0.25, 0.3) is 0 Å². The Bertz CT molecular complexity index is 1180. The predicted octanol–water partition coefficient (Wildman–Crippen LogP) is 3.76. The van der Waals surface area contributed by atoms with Gasteiger partial charge in [-0.3, -0.25) is 14.9 Å². The van der Waals surface area contributed by atoms with Crippen LogP contribution in [0.4, 0.5) is 14.5 Å². The molecule has 0 aliphatic heterocycles. The van der Waals surface area contributed by atoms with E-state index >= 15 is 4.39 Å². The maximum absolute atomic E-state index is 15.3. The second-order valence-electron chi connectivity index (χ2n) is 5.58. The van der Waals surface area contributed by atoms with Crippen molar-refractivity contribution in [3.8, 4) is 22.6 Å².